The zero-order valence-corrected chi connectivity index (χ0v) is 13.5. The summed E-state index contributed by atoms with van der Waals surface area (Å²) in [7, 11) is 0. The molecule has 0 saturated heterocycles. The normalized spacial score (nSPS) is 14.2. The molecular formula is C17H13BrFNO2. The molecule has 0 N–H and O–H groups in total. The number of aryl methyl sites for hydroxylation is 1. The van der Waals surface area contributed by atoms with Crippen molar-refractivity contribution in [1.82, 2.24) is 0 Å². The van der Waals surface area contributed by atoms with Gasteiger partial charge in [0.25, 0.3) is 5.91 Å². The first-order valence-corrected chi connectivity index (χ1v) is 7.63. The van der Waals surface area contributed by atoms with E-state index in [4.69, 9.17) is 0 Å². The van der Waals surface area contributed by atoms with Gasteiger partial charge in [-0.25, -0.2) is 4.39 Å². The zero-order chi connectivity index (χ0) is 15.9. The van der Waals surface area contributed by atoms with Crippen LogP contribution < -0.4 is 4.90 Å². The van der Waals surface area contributed by atoms with Gasteiger partial charge in [-0.3, -0.25) is 14.5 Å². The van der Waals surface area contributed by atoms with Crippen molar-refractivity contribution in [2.24, 2.45) is 0 Å². The fraction of sp³-hybridized carbons (Fsp3) is 0.176. The van der Waals surface area contributed by atoms with Gasteiger partial charge >= 0.3 is 0 Å². The number of fused-ring (bicyclic) bond motifs is 1. The molecule has 3 rings (SSSR count). The van der Waals surface area contributed by atoms with Gasteiger partial charge in [0, 0.05) is 10.9 Å². The highest BCUT2D eigenvalue weighted by molar-refractivity contribution is 9.10. The van der Waals surface area contributed by atoms with E-state index in [9.17, 15) is 14.0 Å². The Labute approximate surface area is 135 Å². The lowest BCUT2D eigenvalue weighted by Crippen LogP contribution is -2.41. The predicted molar refractivity (Wildman–Crippen MR) is 85.2 cm³/mol. The Morgan fingerprint density at radius 2 is 2.00 bits per heavy atom. The quantitative estimate of drug-likeness (QED) is 0.767. The monoisotopic (exact) mass is 361 g/mol. The van der Waals surface area contributed by atoms with Crippen LogP contribution in [0.2, 0.25) is 0 Å². The average molecular weight is 362 g/mol. The molecule has 5 heteroatoms. The molecule has 3 nitrogen and oxygen atoms in total. The first kappa shape index (κ1) is 14.9. The van der Waals surface area contributed by atoms with E-state index in [1.54, 1.807) is 12.1 Å². The first-order chi connectivity index (χ1) is 10.5. The van der Waals surface area contributed by atoms with Gasteiger partial charge in [-0.1, -0.05) is 18.2 Å². The molecule has 0 saturated carbocycles. The Balaban J connectivity index is 2.07. The number of hydrogen-bond acceptors (Lipinski definition) is 2. The van der Waals surface area contributed by atoms with Crippen molar-refractivity contribution < 1.29 is 14.0 Å². The van der Waals surface area contributed by atoms with Crippen molar-refractivity contribution in [2.75, 3.05) is 4.90 Å². The van der Waals surface area contributed by atoms with E-state index in [1.807, 2.05) is 19.1 Å². The SMILES string of the molecule is Cc1cc(Br)c2c(c1)CC(=O)C(=O)N2Cc1cccc(F)c1. The highest BCUT2D eigenvalue weighted by atomic mass is 79.9. The van der Waals surface area contributed by atoms with Crippen LogP contribution in [0.3, 0.4) is 0 Å². The number of carbonyl (C=O) groups is 2. The van der Waals surface area contributed by atoms with Gasteiger partial charge in [-0.15, -0.1) is 0 Å². The number of halogens is 2. The van der Waals surface area contributed by atoms with Gasteiger partial charge in [-0.2, -0.15) is 0 Å². The lowest BCUT2D eigenvalue weighted by Gasteiger charge is -2.30. The second kappa shape index (κ2) is 5.65. The third kappa shape index (κ3) is 2.68. The molecular weight excluding hydrogens is 349 g/mol. The zero-order valence-electron chi connectivity index (χ0n) is 11.9. The smallest absolute Gasteiger partial charge is 0.295 e. The van der Waals surface area contributed by atoms with E-state index in [2.05, 4.69) is 15.9 Å². The van der Waals surface area contributed by atoms with Crippen molar-refractivity contribution in [3.63, 3.8) is 0 Å². The van der Waals surface area contributed by atoms with Gasteiger partial charge in [0.2, 0.25) is 5.78 Å². The molecule has 0 bridgehead atoms. The van der Waals surface area contributed by atoms with Gasteiger partial charge in [-0.05, 0) is 57.7 Å². The molecule has 1 heterocycles. The van der Waals surface area contributed by atoms with Gasteiger partial charge in [0.15, 0.2) is 0 Å². The van der Waals surface area contributed by atoms with Crippen LogP contribution >= 0.6 is 15.9 Å². The van der Waals surface area contributed by atoms with E-state index in [0.29, 0.717) is 11.3 Å². The highest BCUT2D eigenvalue weighted by Gasteiger charge is 2.32. The average Bonchev–Trinajstić information content (AvgIpc) is 2.43. The van der Waals surface area contributed by atoms with E-state index >= 15 is 0 Å². The summed E-state index contributed by atoms with van der Waals surface area (Å²) < 4.78 is 14.1. The molecule has 0 spiro atoms. The van der Waals surface area contributed by atoms with E-state index in [-0.39, 0.29) is 18.8 Å². The molecule has 0 fully saturated rings. The molecule has 2 aromatic rings. The van der Waals surface area contributed by atoms with Crippen LogP contribution in [0.15, 0.2) is 40.9 Å². The van der Waals surface area contributed by atoms with Gasteiger partial charge in [0.05, 0.1) is 12.2 Å². The number of anilines is 1. The number of amides is 1. The highest BCUT2D eigenvalue weighted by Crippen LogP contribution is 2.36. The van der Waals surface area contributed by atoms with Crippen molar-refractivity contribution in [2.45, 2.75) is 19.9 Å². The minimum absolute atomic E-state index is 0.105. The van der Waals surface area contributed by atoms with Gasteiger partial charge in [0.1, 0.15) is 5.82 Å². The fourth-order valence-corrected chi connectivity index (χ4v) is 3.54. The summed E-state index contributed by atoms with van der Waals surface area (Å²) in [6, 6.07) is 9.85. The van der Waals surface area contributed by atoms with Crippen LogP contribution in [0.25, 0.3) is 0 Å². The van der Waals surface area contributed by atoms with Crippen molar-refractivity contribution in [1.29, 1.82) is 0 Å². The fourth-order valence-electron chi connectivity index (χ4n) is 2.71. The molecule has 0 radical (unpaired) electrons. The minimum atomic E-state index is -0.554. The maximum Gasteiger partial charge on any atom is 0.295 e. The van der Waals surface area contributed by atoms with Crippen LogP contribution in [0.1, 0.15) is 16.7 Å². The Hall–Kier alpha value is -2.01. The molecule has 2 aromatic carbocycles. The number of rotatable bonds is 2. The van der Waals surface area contributed by atoms with Crippen LogP contribution in [0, 0.1) is 12.7 Å². The third-order valence-corrected chi connectivity index (χ3v) is 4.23. The lowest BCUT2D eigenvalue weighted by atomic mass is 9.97. The number of carbonyl (C=O) groups excluding carboxylic acids is 2. The summed E-state index contributed by atoms with van der Waals surface area (Å²) >= 11 is 3.47. The standard InChI is InChI=1S/C17H13BrFNO2/c1-10-5-12-8-15(21)17(22)20(16(12)14(18)6-10)9-11-3-2-4-13(19)7-11/h2-7H,8-9H2,1H3. The second-order valence-electron chi connectivity index (χ2n) is 5.38. The Kier molecular flexibility index (Phi) is 3.83. The van der Waals surface area contributed by atoms with Crippen LogP contribution in [0.4, 0.5) is 10.1 Å². The lowest BCUT2D eigenvalue weighted by molar-refractivity contribution is -0.136. The number of hydrogen-bond donors (Lipinski definition) is 0. The van der Waals surface area contributed by atoms with E-state index in [0.717, 1.165) is 15.6 Å². The molecule has 0 atom stereocenters. The number of ketones is 1. The molecule has 112 valence electrons. The van der Waals surface area contributed by atoms with E-state index < -0.39 is 11.7 Å². The second-order valence-corrected chi connectivity index (χ2v) is 6.23. The maximum atomic E-state index is 13.3. The number of nitrogens with zero attached hydrogens (tertiary/aromatic N) is 1. The van der Waals surface area contributed by atoms with Crippen molar-refractivity contribution in [3.8, 4) is 0 Å². The maximum absolute atomic E-state index is 13.3. The summed E-state index contributed by atoms with van der Waals surface area (Å²) in [4.78, 5) is 25.7. The predicted octanol–water partition coefficient (Wildman–Crippen LogP) is 3.56. The van der Waals surface area contributed by atoms with Crippen LogP contribution in [0.5, 0.6) is 0 Å². The Morgan fingerprint density at radius 3 is 2.73 bits per heavy atom. The topological polar surface area (TPSA) is 37.4 Å². The molecule has 0 aromatic heterocycles. The minimum Gasteiger partial charge on any atom is -0.300 e. The summed E-state index contributed by atoms with van der Waals surface area (Å²) in [5.74, 6) is -1.36. The molecule has 22 heavy (non-hydrogen) atoms. The largest absolute Gasteiger partial charge is 0.300 e. The van der Waals surface area contributed by atoms with Crippen LogP contribution in [-0.2, 0) is 22.6 Å². The third-order valence-electron chi connectivity index (χ3n) is 3.62. The summed E-state index contributed by atoms with van der Waals surface area (Å²) in [6.45, 7) is 2.10. The summed E-state index contributed by atoms with van der Waals surface area (Å²) in [5, 5.41) is 0. The number of benzene rings is 2. The Morgan fingerprint density at radius 1 is 1.23 bits per heavy atom. The first-order valence-electron chi connectivity index (χ1n) is 6.84. The Bertz CT molecular complexity index is 788. The summed E-state index contributed by atoms with van der Waals surface area (Å²) in [6.07, 6.45) is 0.105. The molecule has 1 aliphatic heterocycles. The number of Topliss-reactive ketones (excluding diaryl/α,β-unsaturated/α-hetero) is 1. The molecule has 0 unspecified atom stereocenters. The van der Waals surface area contributed by atoms with Crippen LogP contribution in [-0.4, -0.2) is 11.7 Å². The van der Waals surface area contributed by atoms with Gasteiger partial charge < -0.3 is 0 Å². The molecule has 0 aliphatic carbocycles. The van der Waals surface area contributed by atoms with Crippen molar-refractivity contribution in [3.05, 3.63) is 63.4 Å². The summed E-state index contributed by atoms with van der Waals surface area (Å²) in [5.41, 5.74) is 3.16. The van der Waals surface area contributed by atoms with Crippen molar-refractivity contribution >= 4 is 33.3 Å². The molecule has 1 amide bonds. The molecule has 1 aliphatic rings. The van der Waals surface area contributed by atoms with E-state index in [1.165, 1.54) is 17.0 Å².